The van der Waals surface area contributed by atoms with Gasteiger partial charge in [-0.15, -0.1) is 11.3 Å². The molecule has 0 saturated heterocycles. The highest BCUT2D eigenvalue weighted by Crippen LogP contribution is 2.38. The van der Waals surface area contributed by atoms with Crippen LogP contribution in [0.1, 0.15) is 62.3 Å². The number of aromatic nitrogens is 2. The maximum Gasteiger partial charge on any atom is 0.257 e. The van der Waals surface area contributed by atoms with Crippen LogP contribution in [0.15, 0.2) is 18.3 Å². The Hall–Kier alpha value is -2.67. The number of imidazole rings is 1. The Morgan fingerprint density at radius 2 is 2.07 bits per heavy atom. The van der Waals surface area contributed by atoms with Crippen molar-refractivity contribution >= 4 is 33.8 Å². The van der Waals surface area contributed by atoms with Crippen LogP contribution in [0.4, 0.5) is 5.00 Å². The standard InChI is InChI=1S/C20H22N4O2S/c1-3-14-11(2)24-10-12(8-9-16(24)22-14)19(26)23-20-17(18(21)25)13-6-4-5-7-15(13)27-20/h8-10H,3-7H2,1-2H3,(H2,21,25)(H,23,26). The van der Waals surface area contributed by atoms with E-state index >= 15 is 0 Å². The molecular formula is C20H22N4O2S. The van der Waals surface area contributed by atoms with E-state index in [1.165, 1.54) is 16.2 Å². The maximum absolute atomic E-state index is 12.8. The first-order valence-electron chi connectivity index (χ1n) is 9.22. The molecule has 1 aliphatic rings. The summed E-state index contributed by atoms with van der Waals surface area (Å²) < 4.78 is 1.93. The molecule has 0 bridgehead atoms. The highest BCUT2D eigenvalue weighted by molar-refractivity contribution is 7.17. The molecule has 0 radical (unpaired) electrons. The van der Waals surface area contributed by atoms with Gasteiger partial charge in [0.05, 0.1) is 16.8 Å². The van der Waals surface area contributed by atoms with Crippen LogP contribution in [-0.4, -0.2) is 21.2 Å². The third-order valence-electron chi connectivity index (χ3n) is 5.20. The largest absolute Gasteiger partial charge is 0.365 e. The zero-order chi connectivity index (χ0) is 19.1. The monoisotopic (exact) mass is 382 g/mol. The van der Waals surface area contributed by atoms with Gasteiger partial charge < -0.3 is 15.5 Å². The van der Waals surface area contributed by atoms with Gasteiger partial charge in [-0.2, -0.15) is 0 Å². The molecule has 3 aromatic rings. The molecule has 3 N–H and O–H groups in total. The van der Waals surface area contributed by atoms with Crippen LogP contribution in [0.2, 0.25) is 0 Å². The third kappa shape index (κ3) is 3.02. The van der Waals surface area contributed by atoms with Crippen LogP contribution in [0.3, 0.4) is 0 Å². The topological polar surface area (TPSA) is 89.5 Å². The Labute approximate surface area is 161 Å². The molecule has 7 heteroatoms. The number of primary amides is 1. The van der Waals surface area contributed by atoms with Crippen molar-refractivity contribution in [2.75, 3.05) is 5.32 Å². The van der Waals surface area contributed by atoms with Crippen molar-refractivity contribution in [3.8, 4) is 0 Å². The lowest BCUT2D eigenvalue weighted by molar-refractivity contribution is 0.100. The highest BCUT2D eigenvalue weighted by Gasteiger charge is 2.25. The molecule has 0 saturated carbocycles. The predicted molar refractivity (Wildman–Crippen MR) is 107 cm³/mol. The van der Waals surface area contributed by atoms with Gasteiger partial charge >= 0.3 is 0 Å². The van der Waals surface area contributed by atoms with Gasteiger partial charge in [0.15, 0.2) is 0 Å². The van der Waals surface area contributed by atoms with Crippen molar-refractivity contribution in [2.24, 2.45) is 5.73 Å². The van der Waals surface area contributed by atoms with E-state index < -0.39 is 5.91 Å². The molecule has 3 heterocycles. The average molecular weight is 382 g/mol. The van der Waals surface area contributed by atoms with E-state index in [1.54, 1.807) is 12.3 Å². The fourth-order valence-electron chi connectivity index (χ4n) is 3.77. The summed E-state index contributed by atoms with van der Waals surface area (Å²) in [4.78, 5) is 30.6. The van der Waals surface area contributed by atoms with Crippen LogP contribution >= 0.6 is 11.3 Å². The van der Waals surface area contributed by atoms with Gasteiger partial charge in [-0.25, -0.2) is 4.98 Å². The number of anilines is 1. The van der Waals surface area contributed by atoms with E-state index in [9.17, 15) is 9.59 Å². The lowest BCUT2D eigenvalue weighted by Crippen LogP contribution is -2.18. The summed E-state index contributed by atoms with van der Waals surface area (Å²) in [5.41, 5.74) is 10.5. The number of hydrogen-bond acceptors (Lipinski definition) is 4. The predicted octanol–water partition coefficient (Wildman–Crippen LogP) is 3.50. The normalized spacial score (nSPS) is 13.6. The van der Waals surface area contributed by atoms with E-state index in [4.69, 9.17) is 5.73 Å². The quantitative estimate of drug-likeness (QED) is 0.724. The summed E-state index contributed by atoms with van der Waals surface area (Å²) in [6, 6.07) is 3.60. The summed E-state index contributed by atoms with van der Waals surface area (Å²) >= 11 is 1.48. The molecule has 0 unspecified atom stereocenters. The number of nitrogens with zero attached hydrogens (tertiary/aromatic N) is 2. The van der Waals surface area contributed by atoms with Crippen molar-refractivity contribution in [1.29, 1.82) is 0 Å². The number of pyridine rings is 1. The summed E-state index contributed by atoms with van der Waals surface area (Å²) in [7, 11) is 0. The molecule has 140 valence electrons. The van der Waals surface area contributed by atoms with Crippen LogP contribution in [0.5, 0.6) is 0 Å². The molecule has 0 aliphatic heterocycles. The first-order chi connectivity index (χ1) is 13.0. The van der Waals surface area contributed by atoms with E-state index in [0.717, 1.165) is 54.7 Å². The molecule has 0 spiro atoms. The average Bonchev–Trinajstić information content (AvgIpc) is 3.18. The third-order valence-corrected chi connectivity index (χ3v) is 6.40. The fraction of sp³-hybridized carbons (Fsp3) is 0.350. The minimum Gasteiger partial charge on any atom is -0.365 e. The van der Waals surface area contributed by atoms with E-state index in [0.29, 0.717) is 16.1 Å². The number of nitrogens with one attached hydrogen (secondary N) is 1. The molecule has 6 nitrogen and oxygen atoms in total. The molecule has 0 fully saturated rings. The zero-order valence-corrected chi connectivity index (χ0v) is 16.3. The number of nitrogens with two attached hydrogens (primary N) is 1. The lowest BCUT2D eigenvalue weighted by Gasteiger charge is -2.11. The van der Waals surface area contributed by atoms with Crippen LogP contribution in [0.25, 0.3) is 5.65 Å². The van der Waals surface area contributed by atoms with Gasteiger partial charge in [0.2, 0.25) is 0 Å². The summed E-state index contributed by atoms with van der Waals surface area (Å²) in [5.74, 6) is -0.720. The Kier molecular flexibility index (Phi) is 4.47. The molecule has 4 rings (SSSR count). The smallest absolute Gasteiger partial charge is 0.257 e. The zero-order valence-electron chi connectivity index (χ0n) is 15.5. The second-order valence-electron chi connectivity index (χ2n) is 6.88. The van der Waals surface area contributed by atoms with Crippen molar-refractivity contribution in [1.82, 2.24) is 9.38 Å². The number of carbonyl (C=O) groups excluding carboxylic acids is 2. The first kappa shape index (κ1) is 17.7. The Morgan fingerprint density at radius 1 is 1.30 bits per heavy atom. The van der Waals surface area contributed by atoms with Gasteiger partial charge in [0.25, 0.3) is 11.8 Å². The van der Waals surface area contributed by atoms with E-state index in [2.05, 4.69) is 17.2 Å². The number of carbonyl (C=O) groups is 2. The van der Waals surface area contributed by atoms with Crippen LogP contribution in [-0.2, 0) is 19.3 Å². The number of rotatable bonds is 4. The van der Waals surface area contributed by atoms with Crippen LogP contribution in [0, 0.1) is 6.92 Å². The van der Waals surface area contributed by atoms with E-state index in [-0.39, 0.29) is 5.91 Å². The Balaban J connectivity index is 1.68. The molecule has 0 aromatic carbocycles. The molecule has 3 aromatic heterocycles. The van der Waals surface area contributed by atoms with Crippen molar-refractivity contribution in [2.45, 2.75) is 46.0 Å². The summed E-state index contributed by atoms with van der Waals surface area (Å²) in [6.45, 7) is 4.06. The highest BCUT2D eigenvalue weighted by atomic mass is 32.1. The van der Waals surface area contributed by atoms with Gasteiger partial charge in [-0.3, -0.25) is 9.59 Å². The number of thiophene rings is 1. The SMILES string of the molecule is CCc1nc2ccc(C(=O)Nc3sc4c(c3C(N)=O)CCCC4)cn2c1C. The Morgan fingerprint density at radius 3 is 2.81 bits per heavy atom. The second-order valence-corrected chi connectivity index (χ2v) is 7.98. The number of aryl methyl sites for hydroxylation is 3. The minimum atomic E-state index is -0.474. The van der Waals surface area contributed by atoms with Gasteiger partial charge in [0.1, 0.15) is 10.6 Å². The van der Waals surface area contributed by atoms with Gasteiger partial charge in [0, 0.05) is 16.8 Å². The number of amides is 2. The molecule has 1 aliphatic carbocycles. The summed E-state index contributed by atoms with van der Waals surface area (Å²) in [5, 5.41) is 3.48. The number of fused-ring (bicyclic) bond motifs is 2. The number of hydrogen-bond donors (Lipinski definition) is 2. The van der Waals surface area contributed by atoms with Gasteiger partial charge in [-0.1, -0.05) is 6.92 Å². The maximum atomic E-state index is 12.8. The molecular weight excluding hydrogens is 360 g/mol. The molecule has 0 atom stereocenters. The Bertz CT molecular complexity index is 1060. The molecule has 27 heavy (non-hydrogen) atoms. The van der Waals surface area contributed by atoms with Crippen molar-refractivity contribution in [3.05, 3.63) is 51.3 Å². The summed E-state index contributed by atoms with van der Waals surface area (Å²) in [6.07, 6.45) is 6.58. The van der Waals surface area contributed by atoms with Crippen LogP contribution < -0.4 is 11.1 Å². The molecule has 2 amide bonds. The van der Waals surface area contributed by atoms with Crippen molar-refractivity contribution in [3.63, 3.8) is 0 Å². The first-order valence-corrected chi connectivity index (χ1v) is 10.0. The van der Waals surface area contributed by atoms with E-state index in [1.807, 2.05) is 17.4 Å². The van der Waals surface area contributed by atoms with Gasteiger partial charge in [-0.05, 0) is 56.7 Å². The minimum absolute atomic E-state index is 0.246. The fourth-order valence-corrected chi connectivity index (χ4v) is 5.06. The lowest BCUT2D eigenvalue weighted by atomic mass is 9.95. The second kappa shape index (κ2) is 6.81. The van der Waals surface area contributed by atoms with Crippen molar-refractivity contribution < 1.29 is 9.59 Å².